The fourth-order valence-corrected chi connectivity index (χ4v) is 3.35. The van der Waals surface area contributed by atoms with Crippen LogP contribution in [0.25, 0.3) is 0 Å². The highest BCUT2D eigenvalue weighted by Crippen LogP contribution is 2.22. The number of nitrogens with one attached hydrogen (secondary N) is 2. The van der Waals surface area contributed by atoms with Gasteiger partial charge in [-0.05, 0) is 76.7 Å². The Hall–Kier alpha value is -2.37. The van der Waals surface area contributed by atoms with Gasteiger partial charge in [0.2, 0.25) is 5.91 Å². The molecule has 1 aliphatic heterocycles. The minimum absolute atomic E-state index is 0.00187. The number of allylic oxidation sites excluding steroid dienone is 4. The molecule has 1 fully saturated rings. The Morgan fingerprint density at radius 3 is 2.76 bits per heavy atom. The zero-order valence-corrected chi connectivity index (χ0v) is 18.2. The van der Waals surface area contributed by atoms with Gasteiger partial charge in [0.15, 0.2) is 0 Å². The van der Waals surface area contributed by atoms with E-state index in [1.165, 1.54) is 0 Å². The molecule has 5 nitrogen and oxygen atoms in total. The predicted octanol–water partition coefficient (Wildman–Crippen LogP) is 4.86. The topological polar surface area (TPSA) is 56.7 Å². The van der Waals surface area contributed by atoms with Crippen LogP contribution in [0.3, 0.4) is 0 Å². The van der Waals surface area contributed by atoms with E-state index in [0.717, 1.165) is 37.2 Å². The first-order chi connectivity index (χ1) is 13.9. The molecular weight excluding hydrogens is 384 g/mol. The second-order valence-corrected chi connectivity index (χ2v) is 7.65. The minimum Gasteiger partial charge on any atom is -0.364 e. The summed E-state index contributed by atoms with van der Waals surface area (Å²) in [5.41, 5.74) is 1.87. The largest absolute Gasteiger partial charge is 0.364 e. The Kier molecular flexibility index (Phi) is 9.16. The highest BCUT2D eigenvalue weighted by molar-refractivity contribution is 6.68. The zero-order chi connectivity index (χ0) is 21.2. The van der Waals surface area contributed by atoms with Crippen LogP contribution in [0.15, 0.2) is 66.0 Å². The zero-order valence-electron chi connectivity index (χ0n) is 17.5. The molecule has 0 unspecified atom stereocenters. The molecule has 6 heteroatoms. The van der Waals surface area contributed by atoms with Gasteiger partial charge in [-0.3, -0.25) is 4.79 Å². The number of likely N-dealkylation sites (tertiary alicyclic amines) is 1. The van der Waals surface area contributed by atoms with Gasteiger partial charge in [-0.15, -0.1) is 0 Å². The molecule has 2 rings (SSSR count). The summed E-state index contributed by atoms with van der Waals surface area (Å²) in [4.78, 5) is 19.2. The number of rotatable bonds is 8. The number of hydrogen-bond acceptors (Lipinski definition) is 4. The molecule has 1 aromatic carbocycles. The summed E-state index contributed by atoms with van der Waals surface area (Å²) < 4.78 is 0. The van der Waals surface area contributed by atoms with Gasteiger partial charge in [0.25, 0.3) is 0 Å². The number of carbonyl (C=O) groups is 1. The van der Waals surface area contributed by atoms with Gasteiger partial charge >= 0.3 is 0 Å². The SMILES string of the molecule is C=C/C=C/C(Cl)=N\C(=C/C)N[C@@H](C)c1cccc(NC(=O)C2CCN(C)CC2)c1. The summed E-state index contributed by atoms with van der Waals surface area (Å²) in [7, 11) is 2.10. The lowest BCUT2D eigenvalue weighted by molar-refractivity contribution is -0.121. The molecule has 0 aromatic heterocycles. The van der Waals surface area contributed by atoms with Crippen LogP contribution in [0.4, 0.5) is 5.69 Å². The highest BCUT2D eigenvalue weighted by Gasteiger charge is 2.23. The minimum atomic E-state index is -0.00187. The predicted molar refractivity (Wildman–Crippen MR) is 123 cm³/mol. The Morgan fingerprint density at radius 2 is 2.10 bits per heavy atom. The average Bonchev–Trinajstić information content (AvgIpc) is 2.72. The number of piperidine rings is 1. The van der Waals surface area contributed by atoms with E-state index < -0.39 is 0 Å². The van der Waals surface area contributed by atoms with Crippen LogP contribution in [0.2, 0.25) is 0 Å². The van der Waals surface area contributed by atoms with E-state index in [1.54, 1.807) is 18.2 Å². The molecule has 29 heavy (non-hydrogen) atoms. The smallest absolute Gasteiger partial charge is 0.227 e. The van der Waals surface area contributed by atoms with Gasteiger partial charge < -0.3 is 15.5 Å². The van der Waals surface area contributed by atoms with E-state index >= 15 is 0 Å². The molecule has 2 N–H and O–H groups in total. The summed E-state index contributed by atoms with van der Waals surface area (Å²) >= 11 is 6.11. The van der Waals surface area contributed by atoms with E-state index in [0.29, 0.717) is 11.0 Å². The number of halogens is 1. The lowest BCUT2D eigenvalue weighted by atomic mass is 9.96. The maximum atomic E-state index is 12.6. The van der Waals surface area contributed by atoms with Crippen LogP contribution in [0.1, 0.15) is 38.3 Å². The summed E-state index contributed by atoms with van der Waals surface area (Å²) in [6.07, 6.45) is 8.75. The number of hydrogen-bond donors (Lipinski definition) is 2. The highest BCUT2D eigenvalue weighted by atomic mass is 35.5. The number of nitrogens with zero attached hydrogens (tertiary/aromatic N) is 2. The molecule has 1 aromatic rings. The van der Waals surface area contributed by atoms with Crippen LogP contribution in [-0.2, 0) is 4.79 Å². The maximum Gasteiger partial charge on any atom is 0.227 e. The van der Waals surface area contributed by atoms with Gasteiger partial charge in [-0.25, -0.2) is 4.99 Å². The molecule has 0 saturated carbocycles. The fraction of sp³-hybridized carbons (Fsp3) is 0.391. The number of anilines is 1. The van der Waals surface area contributed by atoms with Gasteiger partial charge in [0, 0.05) is 11.6 Å². The molecule has 1 atom stereocenters. The molecule has 156 valence electrons. The normalized spacial score (nSPS) is 17.9. The Labute approximate surface area is 179 Å². The van der Waals surface area contributed by atoms with Crippen molar-refractivity contribution >= 4 is 28.4 Å². The van der Waals surface area contributed by atoms with Crippen molar-refractivity contribution in [2.45, 2.75) is 32.7 Å². The first-order valence-electron chi connectivity index (χ1n) is 9.98. The molecule has 1 amide bonds. The quantitative estimate of drug-likeness (QED) is 0.471. The van der Waals surface area contributed by atoms with E-state index in [-0.39, 0.29) is 17.9 Å². The lowest BCUT2D eigenvalue weighted by Gasteiger charge is -2.28. The van der Waals surface area contributed by atoms with Crippen molar-refractivity contribution in [3.05, 3.63) is 66.5 Å². The van der Waals surface area contributed by atoms with Crippen LogP contribution < -0.4 is 10.6 Å². The Bertz CT molecular complexity index is 792. The number of amides is 1. The number of aliphatic imine (C=N–C) groups is 1. The van der Waals surface area contributed by atoms with Crippen molar-refractivity contribution in [3.8, 4) is 0 Å². The van der Waals surface area contributed by atoms with Crippen molar-refractivity contribution in [2.75, 3.05) is 25.5 Å². The van der Waals surface area contributed by atoms with Crippen LogP contribution in [-0.4, -0.2) is 36.1 Å². The molecular formula is C23H31ClN4O. The molecule has 1 saturated heterocycles. The van der Waals surface area contributed by atoms with E-state index in [2.05, 4.69) is 34.2 Å². The van der Waals surface area contributed by atoms with Crippen molar-refractivity contribution in [1.29, 1.82) is 0 Å². The Morgan fingerprint density at radius 1 is 1.38 bits per heavy atom. The summed E-state index contributed by atoms with van der Waals surface area (Å²) in [6.45, 7) is 9.50. The maximum absolute atomic E-state index is 12.6. The van der Waals surface area contributed by atoms with Gasteiger partial charge in [0.1, 0.15) is 11.0 Å². The van der Waals surface area contributed by atoms with Crippen molar-refractivity contribution in [1.82, 2.24) is 10.2 Å². The van der Waals surface area contributed by atoms with Crippen LogP contribution >= 0.6 is 11.6 Å². The van der Waals surface area contributed by atoms with E-state index in [1.807, 2.05) is 44.2 Å². The summed E-state index contributed by atoms with van der Waals surface area (Å²) in [5, 5.41) is 6.80. The summed E-state index contributed by atoms with van der Waals surface area (Å²) in [6, 6.07) is 7.91. The monoisotopic (exact) mass is 414 g/mol. The van der Waals surface area contributed by atoms with Crippen LogP contribution in [0, 0.1) is 5.92 Å². The van der Waals surface area contributed by atoms with Crippen molar-refractivity contribution < 1.29 is 4.79 Å². The van der Waals surface area contributed by atoms with Crippen molar-refractivity contribution in [3.63, 3.8) is 0 Å². The average molecular weight is 415 g/mol. The second kappa shape index (κ2) is 11.6. The van der Waals surface area contributed by atoms with Gasteiger partial charge in [-0.1, -0.05) is 42.5 Å². The number of carbonyl (C=O) groups excluding carboxylic acids is 1. The molecule has 0 radical (unpaired) electrons. The first kappa shape index (κ1) is 22.9. The van der Waals surface area contributed by atoms with Gasteiger partial charge in [-0.2, -0.15) is 0 Å². The fourth-order valence-electron chi connectivity index (χ4n) is 3.19. The third-order valence-corrected chi connectivity index (χ3v) is 5.19. The first-order valence-corrected chi connectivity index (χ1v) is 10.4. The Balaban J connectivity index is 2.01. The van der Waals surface area contributed by atoms with Crippen LogP contribution in [0.5, 0.6) is 0 Å². The van der Waals surface area contributed by atoms with Gasteiger partial charge in [0.05, 0.1) is 6.04 Å². The molecule has 0 bridgehead atoms. The third-order valence-electron chi connectivity index (χ3n) is 4.98. The molecule has 1 aliphatic rings. The summed E-state index contributed by atoms with van der Waals surface area (Å²) in [5.74, 6) is 0.868. The van der Waals surface area contributed by atoms with E-state index in [4.69, 9.17) is 11.6 Å². The molecule has 0 aliphatic carbocycles. The van der Waals surface area contributed by atoms with Crippen molar-refractivity contribution in [2.24, 2.45) is 10.9 Å². The molecule has 1 heterocycles. The number of benzene rings is 1. The van der Waals surface area contributed by atoms with E-state index in [9.17, 15) is 4.79 Å². The lowest BCUT2D eigenvalue weighted by Crippen LogP contribution is -2.35. The standard InChI is InChI=1S/C23H31ClN4O/c1-5-7-11-21(24)27-22(6-2)25-17(3)19-9-8-10-20(16-19)26-23(29)18-12-14-28(4)15-13-18/h5-11,16-18,25H,1,12-15H2,2-4H3,(H,26,29)/b11-7+,22-6-,27-21+/t17-/m0/s1. The molecule has 0 spiro atoms. The third kappa shape index (κ3) is 7.52. The second-order valence-electron chi connectivity index (χ2n) is 7.26.